The lowest BCUT2D eigenvalue weighted by Gasteiger charge is -2.46. The van der Waals surface area contributed by atoms with E-state index in [0.29, 0.717) is 38.1 Å². The Balaban J connectivity index is 1.53. The maximum atomic E-state index is 14.0. The highest BCUT2D eigenvalue weighted by atomic mass is 32.2. The molecular weight excluding hydrogens is 467 g/mol. The van der Waals surface area contributed by atoms with Crippen LogP contribution >= 0.6 is 11.8 Å². The molecule has 0 amide bonds. The predicted octanol–water partition coefficient (Wildman–Crippen LogP) is 5.30. The first kappa shape index (κ1) is 25.3. The van der Waals surface area contributed by atoms with E-state index in [2.05, 4.69) is 5.32 Å². The average Bonchev–Trinajstić information content (AvgIpc) is 2.87. The number of hydrogen-bond donors (Lipinski definition) is 2. The van der Waals surface area contributed by atoms with Crippen molar-refractivity contribution in [2.75, 3.05) is 31.3 Å². The number of carbonyl (C=O) groups is 2. The minimum Gasteiger partial charge on any atom is -0.497 e. The summed E-state index contributed by atoms with van der Waals surface area (Å²) >= 11 is 1.58. The first-order chi connectivity index (χ1) is 16.9. The minimum absolute atomic E-state index is 0.0477. The third kappa shape index (κ3) is 5.54. The number of unbranched alkanes of at least 4 members (excludes halogenated alkanes) is 1. The molecule has 186 valence electrons. The van der Waals surface area contributed by atoms with Gasteiger partial charge in [0.1, 0.15) is 17.1 Å². The van der Waals surface area contributed by atoms with Crippen LogP contribution in [0.15, 0.2) is 59.6 Å². The molecular formula is C27H31FN2O4S. The average molecular weight is 499 g/mol. The normalized spacial score (nSPS) is 21.7. The molecule has 6 nitrogen and oxygen atoms in total. The van der Waals surface area contributed by atoms with Crippen molar-refractivity contribution in [3.8, 4) is 5.75 Å². The van der Waals surface area contributed by atoms with Crippen LogP contribution in [0.25, 0.3) is 0 Å². The quantitative estimate of drug-likeness (QED) is 0.340. The fourth-order valence-corrected chi connectivity index (χ4v) is 5.91. The molecule has 0 saturated carbocycles. The second kappa shape index (κ2) is 11.3. The Kier molecular flexibility index (Phi) is 8.13. The van der Waals surface area contributed by atoms with Crippen molar-refractivity contribution in [3.63, 3.8) is 0 Å². The lowest BCUT2D eigenvalue weighted by Crippen LogP contribution is -2.56. The Bertz CT molecular complexity index is 1110. The molecule has 0 spiro atoms. The van der Waals surface area contributed by atoms with Crippen molar-refractivity contribution in [2.24, 2.45) is 5.92 Å². The summed E-state index contributed by atoms with van der Waals surface area (Å²) < 4.78 is 18.9. The van der Waals surface area contributed by atoms with Crippen molar-refractivity contribution < 1.29 is 23.8 Å². The molecule has 0 bridgehead atoms. The molecule has 2 aromatic rings. The topological polar surface area (TPSA) is 78.9 Å². The second-order valence-corrected chi connectivity index (χ2v) is 10.1. The van der Waals surface area contributed by atoms with Gasteiger partial charge in [-0.05, 0) is 86.7 Å². The van der Waals surface area contributed by atoms with E-state index in [0.717, 1.165) is 34.7 Å². The maximum absolute atomic E-state index is 14.0. The van der Waals surface area contributed by atoms with E-state index in [1.165, 1.54) is 12.1 Å². The summed E-state index contributed by atoms with van der Waals surface area (Å²) in [5, 5.41) is 12.9. The Labute approximate surface area is 209 Å². The second-order valence-electron chi connectivity index (χ2n) is 8.97. The number of halogens is 1. The number of Topliss-reactive ketones (excluding diaryl/α,β-unsaturated/α-hetero) is 1. The van der Waals surface area contributed by atoms with Crippen molar-refractivity contribution in [1.82, 2.24) is 4.90 Å². The van der Waals surface area contributed by atoms with Gasteiger partial charge in [0.15, 0.2) is 5.78 Å². The molecule has 2 atom stereocenters. The number of carboxylic acids is 1. The molecule has 8 heteroatoms. The number of ether oxygens (including phenoxy) is 1. The number of hydrogen-bond acceptors (Lipinski definition) is 6. The Morgan fingerprint density at radius 2 is 2.11 bits per heavy atom. The highest BCUT2D eigenvalue weighted by Gasteiger charge is 2.47. The van der Waals surface area contributed by atoms with E-state index < -0.39 is 17.4 Å². The molecule has 2 N–H and O–H groups in total. The monoisotopic (exact) mass is 498 g/mol. The molecule has 2 heterocycles. The number of carbonyl (C=O) groups excluding carboxylic acids is 1. The first-order valence-electron chi connectivity index (χ1n) is 12.0. The van der Waals surface area contributed by atoms with Crippen LogP contribution in [0.2, 0.25) is 0 Å². The number of nitrogens with zero attached hydrogens (tertiary/aromatic N) is 1. The molecule has 35 heavy (non-hydrogen) atoms. The fourth-order valence-electron chi connectivity index (χ4n) is 4.95. The lowest BCUT2D eigenvalue weighted by atomic mass is 9.77. The van der Waals surface area contributed by atoms with Gasteiger partial charge in [-0.15, -0.1) is 11.8 Å². The summed E-state index contributed by atoms with van der Waals surface area (Å²) in [6, 6.07) is 12.2. The summed E-state index contributed by atoms with van der Waals surface area (Å²) in [5.74, 6) is -0.0945. The molecule has 0 aliphatic carbocycles. The molecule has 0 aromatic heterocycles. The number of fused-ring (bicyclic) bond motifs is 1. The number of methoxy groups -OCH3 is 1. The number of piperidine rings is 1. The number of benzene rings is 2. The molecule has 0 unspecified atom stereocenters. The Morgan fingerprint density at radius 3 is 2.89 bits per heavy atom. The van der Waals surface area contributed by atoms with Crippen molar-refractivity contribution in [1.29, 1.82) is 0 Å². The summed E-state index contributed by atoms with van der Waals surface area (Å²) in [4.78, 5) is 28.7. The van der Waals surface area contributed by atoms with E-state index in [-0.39, 0.29) is 11.6 Å². The van der Waals surface area contributed by atoms with Crippen molar-refractivity contribution in [3.05, 3.63) is 66.1 Å². The van der Waals surface area contributed by atoms with Gasteiger partial charge in [-0.2, -0.15) is 0 Å². The number of carboxylic acid groups (broad SMARTS) is 1. The zero-order valence-corrected chi connectivity index (χ0v) is 20.7. The van der Waals surface area contributed by atoms with Crippen LogP contribution in [-0.4, -0.2) is 47.7 Å². The number of thioether (sulfide) groups is 1. The summed E-state index contributed by atoms with van der Waals surface area (Å²) in [5.41, 5.74) is 0.573. The summed E-state index contributed by atoms with van der Waals surface area (Å²) in [7, 11) is 1.59. The van der Waals surface area contributed by atoms with Gasteiger partial charge in [0.25, 0.3) is 0 Å². The van der Waals surface area contributed by atoms with Gasteiger partial charge in [0.05, 0.1) is 13.0 Å². The summed E-state index contributed by atoms with van der Waals surface area (Å²) in [6.07, 6.45) is 6.86. The predicted molar refractivity (Wildman–Crippen MR) is 135 cm³/mol. The number of likely N-dealkylation sites (tertiary alicyclic amines) is 1. The van der Waals surface area contributed by atoms with Crippen LogP contribution < -0.4 is 10.1 Å². The van der Waals surface area contributed by atoms with Gasteiger partial charge in [0, 0.05) is 29.1 Å². The third-order valence-corrected chi connectivity index (χ3v) is 7.84. The molecule has 4 rings (SSSR count). The van der Waals surface area contributed by atoms with Crippen LogP contribution in [0.3, 0.4) is 0 Å². The van der Waals surface area contributed by atoms with E-state index in [1.54, 1.807) is 31.1 Å². The van der Waals surface area contributed by atoms with Gasteiger partial charge in [-0.25, -0.2) is 4.39 Å². The lowest BCUT2D eigenvalue weighted by molar-refractivity contribution is -0.146. The van der Waals surface area contributed by atoms with E-state index in [1.807, 2.05) is 35.2 Å². The molecule has 2 aliphatic rings. The summed E-state index contributed by atoms with van der Waals surface area (Å²) in [6.45, 7) is 0.962. The third-order valence-electron chi connectivity index (χ3n) is 6.76. The van der Waals surface area contributed by atoms with Crippen molar-refractivity contribution >= 4 is 29.2 Å². The molecule has 2 aliphatic heterocycles. The van der Waals surface area contributed by atoms with Crippen LogP contribution in [0.1, 0.15) is 37.7 Å². The standard InChI is InChI=1S/C27H31FN2O4S/c1-34-21-10-11-24-23(17-21)27(12-13-29-24,30-14-5-6-19(18-30)26(32)33)25(31)9-2-3-15-35-22-8-4-7-20(28)16-22/h4,7-8,10-13,16-17,19,29H,2-3,5-6,9,14-15,18H2,1H3,(H,32,33)/t19-,27-/m1/s1. The van der Waals surface area contributed by atoms with Gasteiger partial charge >= 0.3 is 5.97 Å². The number of ketones is 1. The zero-order valence-electron chi connectivity index (χ0n) is 19.8. The zero-order chi connectivity index (χ0) is 24.8. The molecule has 2 aromatic carbocycles. The van der Waals surface area contributed by atoms with E-state index in [9.17, 15) is 19.1 Å². The Hall–Kier alpha value is -2.84. The van der Waals surface area contributed by atoms with Gasteiger partial charge in [0.2, 0.25) is 0 Å². The minimum atomic E-state index is -1.04. The molecule has 1 saturated heterocycles. The highest BCUT2D eigenvalue weighted by Crippen LogP contribution is 2.43. The fraction of sp³-hybridized carbons (Fsp3) is 0.407. The van der Waals surface area contributed by atoms with Gasteiger partial charge < -0.3 is 15.2 Å². The number of rotatable bonds is 10. The number of anilines is 1. The maximum Gasteiger partial charge on any atom is 0.307 e. The highest BCUT2D eigenvalue weighted by molar-refractivity contribution is 7.99. The number of aliphatic carboxylic acids is 1. The SMILES string of the molecule is COc1ccc2c(c1)[C@](C(=O)CCCCSc1cccc(F)c1)(N1CCC[C@@H](C(=O)O)C1)C=CN2. The van der Waals surface area contributed by atoms with Crippen LogP contribution in [-0.2, 0) is 15.1 Å². The van der Waals surface area contributed by atoms with Crippen LogP contribution in [0, 0.1) is 11.7 Å². The van der Waals surface area contributed by atoms with Gasteiger partial charge in [-0.1, -0.05) is 6.07 Å². The van der Waals surface area contributed by atoms with E-state index >= 15 is 0 Å². The Morgan fingerprint density at radius 1 is 1.26 bits per heavy atom. The van der Waals surface area contributed by atoms with Crippen LogP contribution in [0.4, 0.5) is 10.1 Å². The molecule has 1 fully saturated rings. The van der Waals surface area contributed by atoms with Crippen molar-refractivity contribution in [2.45, 2.75) is 42.5 Å². The largest absolute Gasteiger partial charge is 0.497 e. The number of nitrogens with one attached hydrogen (secondary N) is 1. The molecule has 0 radical (unpaired) electrons. The van der Waals surface area contributed by atoms with Crippen LogP contribution in [0.5, 0.6) is 5.75 Å². The van der Waals surface area contributed by atoms with Gasteiger partial charge in [-0.3, -0.25) is 14.5 Å². The first-order valence-corrected chi connectivity index (χ1v) is 12.9. The smallest absolute Gasteiger partial charge is 0.307 e. The van der Waals surface area contributed by atoms with E-state index in [4.69, 9.17) is 4.74 Å².